The van der Waals surface area contributed by atoms with E-state index in [2.05, 4.69) is 10.6 Å². The van der Waals surface area contributed by atoms with Crippen LogP contribution in [0.3, 0.4) is 0 Å². The second kappa shape index (κ2) is 13.9. The van der Waals surface area contributed by atoms with E-state index in [0.717, 1.165) is 22.6 Å². The zero-order valence-corrected chi connectivity index (χ0v) is 23.5. The maximum Gasteiger partial charge on any atom is 0.265 e. The van der Waals surface area contributed by atoms with Crippen LogP contribution in [0.5, 0.6) is 23.0 Å². The van der Waals surface area contributed by atoms with E-state index in [-0.39, 0.29) is 11.8 Å². The normalized spacial score (nSPS) is 12.0. The zero-order valence-electron chi connectivity index (χ0n) is 23.5. The number of rotatable bonds is 12. The van der Waals surface area contributed by atoms with Gasteiger partial charge in [-0.05, 0) is 104 Å². The van der Waals surface area contributed by atoms with Gasteiger partial charge in [-0.15, -0.1) is 0 Å². The highest BCUT2D eigenvalue weighted by atomic mass is 16.5. The quantitative estimate of drug-likeness (QED) is 0.220. The Kier molecular flexibility index (Phi) is 9.83. The summed E-state index contributed by atoms with van der Waals surface area (Å²) in [5.74, 6) is 2.14. The molecular formula is C33H34N2O6. The Labute approximate surface area is 240 Å². The molecule has 2 unspecified atom stereocenters. The lowest BCUT2D eigenvalue weighted by Crippen LogP contribution is -2.30. The van der Waals surface area contributed by atoms with Crippen LogP contribution in [0.2, 0.25) is 0 Å². The van der Waals surface area contributed by atoms with Gasteiger partial charge in [-0.3, -0.25) is 9.59 Å². The Morgan fingerprint density at radius 1 is 0.537 bits per heavy atom. The lowest BCUT2D eigenvalue weighted by atomic mass is 10.0. The first-order valence-corrected chi connectivity index (χ1v) is 13.2. The summed E-state index contributed by atoms with van der Waals surface area (Å²) >= 11 is 0. The third-order valence-corrected chi connectivity index (χ3v) is 6.33. The molecule has 2 amide bonds. The van der Waals surface area contributed by atoms with Gasteiger partial charge in [-0.25, -0.2) is 0 Å². The number of hydrogen-bond acceptors (Lipinski definition) is 6. The van der Waals surface area contributed by atoms with Gasteiger partial charge in [-0.1, -0.05) is 24.3 Å². The molecule has 0 aliphatic heterocycles. The van der Waals surface area contributed by atoms with Crippen LogP contribution in [0, 0.1) is 0 Å². The highest BCUT2D eigenvalue weighted by Gasteiger charge is 2.16. The van der Waals surface area contributed by atoms with Crippen LogP contribution >= 0.6 is 0 Å². The summed E-state index contributed by atoms with van der Waals surface area (Å²) < 4.78 is 21.7. The van der Waals surface area contributed by atoms with E-state index in [1.165, 1.54) is 0 Å². The molecule has 0 aromatic heterocycles. The summed E-state index contributed by atoms with van der Waals surface area (Å²) in [5, 5.41) is 5.77. The number of anilines is 2. The number of carbonyl (C=O) groups is 2. The zero-order chi connectivity index (χ0) is 29.2. The highest BCUT2D eigenvalue weighted by Crippen LogP contribution is 2.21. The van der Waals surface area contributed by atoms with Crippen molar-refractivity contribution in [3.05, 3.63) is 108 Å². The second-order valence-corrected chi connectivity index (χ2v) is 9.42. The number of benzene rings is 4. The summed E-state index contributed by atoms with van der Waals surface area (Å²) in [6.07, 6.45) is -0.630. The molecule has 0 heterocycles. The first-order valence-electron chi connectivity index (χ1n) is 13.2. The molecule has 4 aromatic carbocycles. The Hall–Kier alpha value is -4.98. The molecule has 0 radical (unpaired) electrons. The Bertz CT molecular complexity index is 1310. The summed E-state index contributed by atoms with van der Waals surface area (Å²) in [6, 6.07) is 29.5. The fourth-order valence-electron chi connectivity index (χ4n) is 3.96. The molecule has 4 aromatic rings. The molecule has 2 atom stereocenters. The largest absolute Gasteiger partial charge is 0.497 e. The van der Waals surface area contributed by atoms with E-state index in [0.29, 0.717) is 29.3 Å². The first-order chi connectivity index (χ1) is 19.8. The van der Waals surface area contributed by atoms with E-state index in [9.17, 15) is 9.59 Å². The van der Waals surface area contributed by atoms with Crippen LogP contribution in [-0.2, 0) is 16.0 Å². The van der Waals surface area contributed by atoms with E-state index in [4.69, 9.17) is 18.9 Å². The number of amides is 2. The molecule has 8 heteroatoms. The fourth-order valence-corrected chi connectivity index (χ4v) is 3.96. The van der Waals surface area contributed by atoms with E-state index >= 15 is 0 Å². The summed E-state index contributed by atoms with van der Waals surface area (Å²) in [6.45, 7) is 3.41. The van der Waals surface area contributed by atoms with Crippen molar-refractivity contribution in [3.8, 4) is 23.0 Å². The van der Waals surface area contributed by atoms with Gasteiger partial charge in [0, 0.05) is 11.4 Å². The van der Waals surface area contributed by atoms with Crippen molar-refractivity contribution in [1.82, 2.24) is 0 Å². The summed E-state index contributed by atoms with van der Waals surface area (Å²) in [5.41, 5.74) is 3.55. The van der Waals surface area contributed by atoms with Crippen molar-refractivity contribution in [1.29, 1.82) is 0 Å². The van der Waals surface area contributed by atoms with Gasteiger partial charge >= 0.3 is 0 Å². The van der Waals surface area contributed by atoms with Crippen LogP contribution in [0.1, 0.15) is 25.0 Å². The molecule has 0 aliphatic carbocycles. The molecule has 0 saturated heterocycles. The van der Waals surface area contributed by atoms with Gasteiger partial charge in [0.15, 0.2) is 12.2 Å². The SMILES string of the molecule is COc1ccc(OC(C)C(=O)Nc2ccc(Cc3ccc(NC(=O)C(C)Oc4ccc(OC)cc4)cc3)cc2)cc1. The van der Waals surface area contributed by atoms with Gasteiger partial charge in [0.05, 0.1) is 14.2 Å². The lowest BCUT2D eigenvalue weighted by Gasteiger charge is -2.15. The van der Waals surface area contributed by atoms with Crippen LogP contribution in [0.15, 0.2) is 97.1 Å². The lowest BCUT2D eigenvalue weighted by molar-refractivity contribution is -0.122. The topological polar surface area (TPSA) is 95.1 Å². The molecule has 0 saturated carbocycles. The van der Waals surface area contributed by atoms with E-state index in [1.807, 2.05) is 48.5 Å². The molecule has 41 heavy (non-hydrogen) atoms. The predicted molar refractivity (Wildman–Crippen MR) is 159 cm³/mol. The van der Waals surface area contributed by atoms with Crippen LogP contribution in [0.4, 0.5) is 11.4 Å². The molecule has 0 spiro atoms. The number of carbonyl (C=O) groups excluding carboxylic acids is 2. The average Bonchev–Trinajstić information content (AvgIpc) is 2.99. The Morgan fingerprint density at radius 2 is 0.854 bits per heavy atom. The third kappa shape index (κ3) is 8.50. The standard InChI is InChI=1S/C33H34N2O6/c1-22(40-30-17-13-28(38-3)14-18-30)32(36)34-26-9-5-24(6-10-26)21-25-7-11-27(12-8-25)35-33(37)23(2)41-31-19-15-29(39-4)16-20-31/h5-20,22-23H,21H2,1-4H3,(H,34,36)(H,35,37). The number of nitrogens with one attached hydrogen (secondary N) is 2. The minimum absolute atomic E-state index is 0.241. The molecule has 8 nitrogen and oxygen atoms in total. The van der Waals surface area contributed by atoms with Gasteiger partial charge in [-0.2, -0.15) is 0 Å². The highest BCUT2D eigenvalue weighted by molar-refractivity contribution is 5.94. The maximum absolute atomic E-state index is 12.6. The van der Waals surface area contributed by atoms with E-state index in [1.54, 1.807) is 76.6 Å². The maximum atomic E-state index is 12.6. The Balaban J connectivity index is 1.24. The van der Waals surface area contributed by atoms with Crippen molar-refractivity contribution in [2.45, 2.75) is 32.5 Å². The molecule has 0 fully saturated rings. The number of ether oxygens (including phenoxy) is 4. The minimum atomic E-state index is -0.668. The minimum Gasteiger partial charge on any atom is -0.497 e. The van der Waals surface area contributed by atoms with Crippen molar-refractivity contribution < 1.29 is 28.5 Å². The molecule has 4 rings (SSSR count). The molecule has 0 bridgehead atoms. The van der Waals surface area contributed by atoms with Crippen molar-refractivity contribution in [3.63, 3.8) is 0 Å². The van der Waals surface area contributed by atoms with Gasteiger partial charge < -0.3 is 29.6 Å². The number of hydrogen-bond donors (Lipinski definition) is 2. The first kappa shape index (κ1) is 29.0. The molecule has 2 N–H and O–H groups in total. The molecule has 212 valence electrons. The molecule has 0 aliphatic rings. The van der Waals surface area contributed by atoms with Crippen molar-refractivity contribution in [2.75, 3.05) is 24.9 Å². The summed E-state index contributed by atoms with van der Waals surface area (Å²) in [7, 11) is 3.19. The van der Waals surface area contributed by atoms with Crippen LogP contribution in [0.25, 0.3) is 0 Å². The van der Waals surface area contributed by atoms with E-state index < -0.39 is 12.2 Å². The average molecular weight is 555 g/mol. The van der Waals surface area contributed by atoms with Crippen LogP contribution in [-0.4, -0.2) is 38.2 Å². The number of methoxy groups -OCH3 is 2. The fraction of sp³-hybridized carbons (Fsp3) is 0.212. The molecular weight excluding hydrogens is 520 g/mol. The van der Waals surface area contributed by atoms with Gasteiger partial charge in [0.1, 0.15) is 23.0 Å². The third-order valence-electron chi connectivity index (χ3n) is 6.33. The van der Waals surface area contributed by atoms with Gasteiger partial charge in [0.2, 0.25) is 0 Å². The Morgan fingerprint density at radius 3 is 1.17 bits per heavy atom. The van der Waals surface area contributed by atoms with Gasteiger partial charge in [0.25, 0.3) is 11.8 Å². The predicted octanol–water partition coefficient (Wildman–Crippen LogP) is 6.11. The second-order valence-electron chi connectivity index (χ2n) is 9.42. The van der Waals surface area contributed by atoms with Crippen LogP contribution < -0.4 is 29.6 Å². The van der Waals surface area contributed by atoms with Crippen molar-refractivity contribution in [2.24, 2.45) is 0 Å². The summed E-state index contributed by atoms with van der Waals surface area (Å²) in [4.78, 5) is 25.2. The smallest absolute Gasteiger partial charge is 0.265 e. The monoisotopic (exact) mass is 554 g/mol. The van der Waals surface area contributed by atoms with Crippen molar-refractivity contribution >= 4 is 23.2 Å².